The Kier molecular flexibility index (Phi) is 3.92. The second kappa shape index (κ2) is 5.20. The smallest absolute Gasteiger partial charge is 0.142 e. The summed E-state index contributed by atoms with van der Waals surface area (Å²) in [5.74, 6) is 1.40. The monoisotopic (exact) mass is 206 g/mol. The third-order valence-electron chi connectivity index (χ3n) is 2.03. The van der Waals surface area contributed by atoms with E-state index in [1.54, 1.807) is 20.3 Å². The van der Waals surface area contributed by atoms with Crippen molar-refractivity contribution in [1.29, 1.82) is 0 Å². The van der Waals surface area contributed by atoms with E-state index in [0.29, 0.717) is 11.5 Å². The number of aryl methyl sites for hydroxylation is 1. The zero-order chi connectivity index (χ0) is 11.3. The quantitative estimate of drug-likeness (QED) is 0.559. The number of carbonyl (C=O) groups excluding carboxylic acids is 1. The average Bonchev–Trinajstić information content (AvgIpc) is 2.26. The molecule has 0 unspecified atom stereocenters. The molecule has 0 saturated carbocycles. The van der Waals surface area contributed by atoms with Crippen molar-refractivity contribution in [2.24, 2.45) is 0 Å². The van der Waals surface area contributed by atoms with Crippen molar-refractivity contribution in [2.75, 3.05) is 14.2 Å². The number of methoxy groups -OCH3 is 2. The Balaban J connectivity index is 3.29. The maximum absolute atomic E-state index is 10.3. The fourth-order valence-electron chi connectivity index (χ4n) is 1.37. The molecule has 0 heterocycles. The van der Waals surface area contributed by atoms with Gasteiger partial charge in [0.2, 0.25) is 0 Å². The minimum atomic E-state index is 0.699. The summed E-state index contributed by atoms with van der Waals surface area (Å²) in [6.45, 7) is 1.96. The molecule has 0 radical (unpaired) electrons. The molecule has 1 aromatic carbocycles. The lowest BCUT2D eigenvalue weighted by Gasteiger charge is -2.11. The predicted octanol–water partition coefficient (Wildman–Crippen LogP) is 2.22. The van der Waals surface area contributed by atoms with Crippen LogP contribution in [0.25, 0.3) is 6.08 Å². The van der Waals surface area contributed by atoms with Crippen molar-refractivity contribution in [1.82, 2.24) is 0 Å². The average molecular weight is 206 g/mol. The molecule has 1 rings (SSSR count). The van der Waals surface area contributed by atoms with Gasteiger partial charge in [-0.1, -0.05) is 0 Å². The van der Waals surface area contributed by atoms with Crippen molar-refractivity contribution in [3.63, 3.8) is 0 Å². The van der Waals surface area contributed by atoms with Crippen LogP contribution in [0, 0.1) is 6.92 Å². The maximum atomic E-state index is 10.3. The third-order valence-corrected chi connectivity index (χ3v) is 2.03. The minimum Gasteiger partial charge on any atom is -0.496 e. The Morgan fingerprint density at radius 3 is 2.07 bits per heavy atom. The molecule has 0 bridgehead atoms. The third kappa shape index (κ3) is 2.59. The lowest BCUT2D eigenvalue weighted by molar-refractivity contribution is -0.104. The fraction of sp³-hybridized carbons (Fsp3) is 0.250. The van der Waals surface area contributed by atoms with Crippen LogP contribution in [0.1, 0.15) is 11.1 Å². The van der Waals surface area contributed by atoms with Crippen LogP contribution in [0.2, 0.25) is 0 Å². The number of hydrogen-bond acceptors (Lipinski definition) is 3. The van der Waals surface area contributed by atoms with Gasteiger partial charge in [0.1, 0.15) is 17.8 Å². The molecule has 15 heavy (non-hydrogen) atoms. The van der Waals surface area contributed by atoms with Crippen LogP contribution < -0.4 is 9.47 Å². The van der Waals surface area contributed by atoms with Gasteiger partial charge in [-0.15, -0.1) is 0 Å². The van der Waals surface area contributed by atoms with E-state index in [1.807, 2.05) is 19.1 Å². The summed E-state index contributed by atoms with van der Waals surface area (Å²) in [4.78, 5) is 10.3. The second-order valence-corrected chi connectivity index (χ2v) is 3.08. The maximum Gasteiger partial charge on any atom is 0.142 e. The van der Waals surface area contributed by atoms with Gasteiger partial charge in [-0.3, -0.25) is 4.79 Å². The Hall–Kier alpha value is -1.77. The fourth-order valence-corrected chi connectivity index (χ4v) is 1.37. The summed E-state index contributed by atoms with van der Waals surface area (Å²) in [6.07, 6.45) is 3.80. The summed E-state index contributed by atoms with van der Waals surface area (Å²) in [6, 6.07) is 3.79. The summed E-state index contributed by atoms with van der Waals surface area (Å²) in [7, 11) is 3.18. The van der Waals surface area contributed by atoms with Crippen LogP contribution in [-0.4, -0.2) is 20.5 Å². The van der Waals surface area contributed by atoms with Crippen LogP contribution in [0.15, 0.2) is 18.2 Å². The van der Waals surface area contributed by atoms with Crippen molar-refractivity contribution in [3.8, 4) is 11.5 Å². The van der Waals surface area contributed by atoms with Crippen molar-refractivity contribution < 1.29 is 14.3 Å². The van der Waals surface area contributed by atoms with Gasteiger partial charge in [-0.25, -0.2) is 0 Å². The zero-order valence-corrected chi connectivity index (χ0v) is 9.11. The van der Waals surface area contributed by atoms with Crippen LogP contribution >= 0.6 is 0 Å². The molecule has 0 amide bonds. The van der Waals surface area contributed by atoms with E-state index in [0.717, 1.165) is 17.4 Å². The largest absolute Gasteiger partial charge is 0.496 e. The lowest BCUT2D eigenvalue weighted by atomic mass is 10.1. The van der Waals surface area contributed by atoms with Crippen LogP contribution in [0.3, 0.4) is 0 Å². The molecule has 3 nitrogen and oxygen atoms in total. The van der Waals surface area contributed by atoms with Crippen LogP contribution in [0.5, 0.6) is 11.5 Å². The summed E-state index contributed by atoms with van der Waals surface area (Å²) in [5, 5.41) is 0. The van der Waals surface area contributed by atoms with Gasteiger partial charge in [0.25, 0.3) is 0 Å². The number of carbonyl (C=O) groups is 1. The molecule has 1 aromatic rings. The minimum absolute atomic E-state index is 0.699. The highest BCUT2D eigenvalue weighted by atomic mass is 16.5. The molecule has 0 aliphatic heterocycles. The number of allylic oxidation sites excluding steroid dienone is 1. The molecule has 0 aliphatic rings. The predicted molar refractivity (Wildman–Crippen MR) is 59.4 cm³/mol. The van der Waals surface area contributed by atoms with Gasteiger partial charge < -0.3 is 9.47 Å². The second-order valence-electron chi connectivity index (χ2n) is 3.08. The van der Waals surface area contributed by atoms with Crippen molar-refractivity contribution in [3.05, 3.63) is 29.3 Å². The van der Waals surface area contributed by atoms with E-state index in [1.165, 1.54) is 6.08 Å². The first kappa shape index (κ1) is 11.3. The van der Waals surface area contributed by atoms with Gasteiger partial charge in [0, 0.05) is 0 Å². The summed E-state index contributed by atoms with van der Waals surface area (Å²) >= 11 is 0. The molecule has 0 aliphatic carbocycles. The number of ether oxygens (including phenoxy) is 2. The molecule has 0 spiro atoms. The number of hydrogen-bond donors (Lipinski definition) is 0. The topological polar surface area (TPSA) is 35.5 Å². The molecule has 0 aromatic heterocycles. The van der Waals surface area contributed by atoms with E-state index in [2.05, 4.69) is 0 Å². The van der Waals surface area contributed by atoms with Gasteiger partial charge in [-0.2, -0.15) is 0 Å². The van der Waals surface area contributed by atoms with Gasteiger partial charge in [-0.05, 0) is 36.8 Å². The summed E-state index contributed by atoms with van der Waals surface area (Å²) in [5.41, 5.74) is 1.82. The Labute approximate surface area is 89.3 Å². The SMILES string of the molecule is COc1cc(C)cc(OC)c1/C=C/C=O. The zero-order valence-electron chi connectivity index (χ0n) is 9.11. The number of aldehydes is 1. The normalized spacial score (nSPS) is 10.3. The van der Waals surface area contributed by atoms with Gasteiger partial charge >= 0.3 is 0 Å². The molecular weight excluding hydrogens is 192 g/mol. The van der Waals surface area contributed by atoms with E-state index in [9.17, 15) is 4.79 Å². The first-order valence-corrected chi connectivity index (χ1v) is 4.57. The van der Waals surface area contributed by atoms with E-state index >= 15 is 0 Å². The number of rotatable bonds is 4. The Morgan fingerprint density at radius 2 is 1.67 bits per heavy atom. The van der Waals surface area contributed by atoms with Crippen molar-refractivity contribution >= 4 is 12.4 Å². The van der Waals surface area contributed by atoms with Crippen molar-refractivity contribution in [2.45, 2.75) is 6.92 Å². The highest BCUT2D eigenvalue weighted by molar-refractivity contribution is 5.77. The molecule has 3 heteroatoms. The number of benzene rings is 1. The highest BCUT2D eigenvalue weighted by Crippen LogP contribution is 2.31. The lowest BCUT2D eigenvalue weighted by Crippen LogP contribution is -1.93. The summed E-state index contributed by atoms with van der Waals surface area (Å²) < 4.78 is 10.4. The van der Waals surface area contributed by atoms with Crippen LogP contribution in [0.4, 0.5) is 0 Å². The molecule has 80 valence electrons. The van der Waals surface area contributed by atoms with Crippen LogP contribution in [-0.2, 0) is 4.79 Å². The molecule has 0 N–H and O–H groups in total. The highest BCUT2D eigenvalue weighted by Gasteiger charge is 2.07. The Morgan fingerprint density at radius 1 is 1.13 bits per heavy atom. The van der Waals surface area contributed by atoms with E-state index < -0.39 is 0 Å². The van der Waals surface area contributed by atoms with Gasteiger partial charge in [0.05, 0.1) is 19.8 Å². The first-order valence-electron chi connectivity index (χ1n) is 4.57. The van der Waals surface area contributed by atoms with Gasteiger partial charge in [0.15, 0.2) is 0 Å². The standard InChI is InChI=1S/C12H14O3/c1-9-7-11(14-2)10(5-4-6-13)12(8-9)15-3/h4-8H,1-3H3/b5-4+. The van der Waals surface area contributed by atoms with E-state index in [4.69, 9.17) is 9.47 Å². The molecule has 0 saturated heterocycles. The first-order chi connectivity index (χ1) is 7.22. The van der Waals surface area contributed by atoms with E-state index in [-0.39, 0.29) is 0 Å². The molecule has 0 atom stereocenters. The molecular formula is C12H14O3. The Bertz CT molecular complexity index is 355. The molecule has 0 fully saturated rings.